The third kappa shape index (κ3) is 4.88. The highest BCUT2D eigenvalue weighted by molar-refractivity contribution is 5.93. The van der Waals surface area contributed by atoms with E-state index in [1.807, 2.05) is 12.1 Å². The van der Waals surface area contributed by atoms with Crippen LogP contribution in [0.5, 0.6) is 0 Å². The fraction of sp³-hybridized carbons (Fsp3) is 0.529. The van der Waals surface area contributed by atoms with Crippen LogP contribution in [0.2, 0.25) is 0 Å². The van der Waals surface area contributed by atoms with Gasteiger partial charge in [0.25, 0.3) is 5.91 Å². The van der Waals surface area contributed by atoms with Crippen molar-refractivity contribution >= 4 is 11.8 Å². The van der Waals surface area contributed by atoms with E-state index in [1.54, 1.807) is 19.2 Å². The van der Waals surface area contributed by atoms with Crippen molar-refractivity contribution in [1.29, 1.82) is 0 Å². The highest BCUT2D eigenvalue weighted by atomic mass is 16.2. The van der Waals surface area contributed by atoms with Crippen LogP contribution < -0.4 is 10.6 Å². The second kappa shape index (κ2) is 7.81. The summed E-state index contributed by atoms with van der Waals surface area (Å²) in [6.07, 6.45) is 6.87. The van der Waals surface area contributed by atoms with E-state index >= 15 is 0 Å². The predicted molar refractivity (Wildman–Crippen MR) is 82.9 cm³/mol. The van der Waals surface area contributed by atoms with E-state index in [-0.39, 0.29) is 11.8 Å². The molecule has 4 heteroatoms. The summed E-state index contributed by atoms with van der Waals surface area (Å²) in [7, 11) is 1.61. The summed E-state index contributed by atoms with van der Waals surface area (Å²) in [5, 5.41) is 5.56. The van der Waals surface area contributed by atoms with E-state index in [2.05, 4.69) is 10.6 Å². The Hall–Kier alpha value is -1.84. The minimum absolute atomic E-state index is 0.0946. The molecule has 0 aromatic heterocycles. The molecule has 0 unspecified atom stereocenters. The molecule has 1 aliphatic rings. The van der Waals surface area contributed by atoms with E-state index in [9.17, 15) is 9.59 Å². The van der Waals surface area contributed by atoms with Crippen LogP contribution in [0.1, 0.15) is 54.4 Å². The van der Waals surface area contributed by atoms with Gasteiger partial charge in [0.2, 0.25) is 5.91 Å². The number of rotatable bonds is 5. The Morgan fingerprint density at radius 3 is 2.38 bits per heavy atom. The van der Waals surface area contributed by atoms with Crippen molar-refractivity contribution in [3.05, 3.63) is 35.4 Å². The van der Waals surface area contributed by atoms with E-state index in [4.69, 9.17) is 0 Å². The molecule has 1 aromatic rings. The van der Waals surface area contributed by atoms with Crippen LogP contribution in [0.25, 0.3) is 0 Å². The van der Waals surface area contributed by atoms with Gasteiger partial charge in [0, 0.05) is 25.6 Å². The quantitative estimate of drug-likeness (QED) is 0.875. The molecule has 2 amide bonds. The van der Waals surface area contributed by atoms with E-state index < -0.39 is 0 Å². The van der Waals surface area contributed by atoms with Crippen molar-refractivity contribution in [2.24, 2.45) is 5.92 Å². The Morgan fingerprint density at radius 2 is 1.76 bits per heavy atom. The summed E-state index contributed by atoms with van der Waals surface area (Å²) in [4.78, 5) is 23.4. The molecule has 1 aromatic carbocycles. The van der Waals surface area contributed by atoms with E-state index in [0.717, 1.165) is 5.56 Å². The maximum Gasteiger partial charge on any atom is 0.251 e. The molecule has 2 rings (SSSR count). The molecule has 0 radical (unpaired) electrons. The first-order valence-electron chi connectivity index (χ1n) is 7.77. The summed E-state index contributed by atoms with van der Waals surface area (Å²) < 4.78 is 0. The lowest BCUT2D eigenvalue weighted by atomic mass is 9.87. The van der Waals surface area contributed by atoms with Gasteiger partial charge in [-0.1, -0.05) is 31.4 Å². The summed E-state index contributed by atoms with van der Waals surface area (Å²) >= 11 is 0. The van der Waals surface area contributed by atoms with Crippen LogP contribution in [0.3, 0.4) is 0 Å². The molecule has 4 nitrogen and oxygen atoms in total. The van der Waals surface area contributed by atoms with Crippen molar-refractivity contribution in [2.75, 3.05) is 7.05 Å². The van der Waals surface area contributed by atoms with Gasteiger partial charge in [0.05, 0.1) is 0 Å². The summed E-state index contributed by atoms with van der Waals surface area (Å²) in [6, 6.07) is 7.32. The van der Waals surface area contributed by atoms with Crippen molar-refractivity contribution in [3.8, 4) is 0 Å². The number of hydrogen-bond acceptors (Lipinski definition) is 2. The average Bonchev–Trinajstić information content (AvgIpc) is 2.53. The smallest absolute Gasteiger partial charge is 0.251 e. The molecule has 1 aliphatic carbocycles. The van der Waals surface area contributed by atoms with Gasteiger partial charge in [0.1, 0.15) is 0 Å². The Morgan fingerprint density at radius 1 is 1.10 bits per heavy atom. The maximum atomic E-state index is 11.9. The average molecular weight is 288 g/mol. The van der Waals surface area contributed by atoms with Crippen LogP contribution >= 0.6 is 0 Å². The van der Waals surface area contributed by atoms with E-state index in [0.29, 0.717) is 24.4 Å². The number of benzene rings is 1. The molecule has 21 heavy (non-hydrogen) atoms. The molecule has 2 N–H and O–H groups in total. The maximum absolute atomic E-state index is 11.9. The number of hydrogen-bond donors (Lipinski definition) is 2. The second-order valence-electron chi connectivity index (χ2n) is 5.76. The first kappa shape index (κ1) is 15.5. The largest absolute Gasteiger partial charge is 0.355 e. The molecule has 0 saturated heterocycles. The lowest BCUT2D eigenvalue weighted by Gasteiger charge is -2.20. The topological polar surface area (TPSA) is 58.2 Å². The molecule has 0 heterocycles. The monoisotopic (exact) mass is 288 g/mol. The highest BCUT2D eigenvalue weighted by Gasteiger charge is 2.16. The minimum Gasteiger partial charge on any atom is -0.355 e. The van der Waals surface area contributed by atoms with Crippen molar-refractivity contribution in [1.82, 2.24) is 10.6 Å². The number of carbonyl (C=O) groups is 2. The zero-order valence-corrected chi connectivity index (χ0v) is 12.7. The predicted octanol–water partition coefficient (Wildman–Crippen LogP) is 2.63. The Bertz CT molecular complexity index is 476. The molecule has 0 aliphatic heterocycles. The lowest BCUT2D eigenvalue weighted by Crippen LogP contribution is -2.26. The molecule has 114 valence electrons. The number of carbonyl (C=O) groups excluding carboxylic acids is 2. The Labute approximate surface area is 126 Å². The van der Waals surface area contributed by atoms with Gasteiger partial charge in [0.15, 0.2) is 0 Å². The fourth-order valence-corrected chi connectivity index (χ4v) is 2.84. The first-order valence-corrected chi connectivity index (χ1v) is 7.77. The van der Waals surface area contributed by atoms with Crippen LogP contribution in [0, 0.1) is 5.92 Å². The standard InChI is InChI=1S/C17H24N2O2/c1-18-17(21)15-9-7-14(8-10-15)12-19-16(20)11-13-5-3-2-4-6-13/h7-10,13H,2-6,11-12H2,1H3,(H,18,21)(H,19,20). The minimum atomic E-state index is -0.0946. The number of nitrogens with one attached hydrogen (secondary N) is 2. The number of amides is 2. The molecule has 1 fully saturated rings. The van der Waals surface area contributed by atoms with Gasteiger partial charge >= 0.3 is 0 Å². The van der Waals surface area contributed by atoms with Crippen molar-refractivity contribution < 1.29 is 9.59 Å². The second-order valence-corrected chi connectivity index (χ2v) is 5.76. The Kier molecular flexibility index (Phi) is 5.78. The molecular weight excluding hydrogens is 264 g/mol. The van der Waals surface area contributed by atoms with Gasteiger partial charge in [-0.2, -0.15) is 0 Å². The van der Waals surface area contributed by atoms with Crippen molar-refractivity contribution in [2.45, 2.75) is 45.1 Å². The zero-order valence-electron chi connectivity index (χ0n) is 12.7. The lowest BCUT2D eigenvalue weighted by molar-refractivity contribution is -0.122. The fourth-order valence-electron chi connectivity index (χ4n) is 2.84. The summed E-state index contributed by atoms with van der Waals surface area (Å²) in [5.74, 6) is 0.606. The van der Waals surface area contributed by atoms with Gasteiger partial charge in [-0.15, -0.1) is 0 Å². The van der Waals surface area contributed by atoms with Crippen LogP contribution in [0.15, 0.2) is 24.3 Å². The Balaban J connectivity index is 1.76. The molecule has 0 bridgehead atoms. The third-order valence-electron chi connectivity index (χ3n) is 4.13. The third-order valence-corrected chi connectivity index (χ3v) is 4.13. The molecule has 0 atom stereocenters. The van der Waals surface area contributed by atoms with Crippen LogP contribution in [-0.2, 0) is 11.3 Å². The first-order chi connectivity index (χ1) is 10.2. The zero-order chi connectivity index (χ0) is 15.1. The molecular formula is C17H24N2O2. The summed E-state index contributed by atoms with van der Waals surface area (Å²) in [6.45, 7) is 0.527. The van der Waals surface area contributed by atoms with Gasteiger partial charge in [-0.05, 0) is 36.5 Å². The normalized spacial score (nSPS) is 15.5. The molecule has 1 saturated carbocycles. The van der Waals surface area contributed by atoms with Gasteiger partial charge in [-0.3, -0.25) is 9.59 Å². The summed E-state index contributed by atoms with van der Waals surface area (Å²) in [5.41, 5.74) is 1.65. The van der Waals surface area contributed by atoms with Gasteiger partial charge in [-0.25, -0.2) is 0 Å². The molecule has 0 spiro atoms. The van der Waals surface area contributed by atoms with Crippen molar-refractivity contribution in [3.63, 3.8) is 0 Å². The van der Waals surface area contributed by atoms with Crippen LogP contribution in [-0.4, -0.2) is 18.9 Å². The SMILES string of the molecule is CNC(=O)c1ccc(CNC(=O)CC2CCCCC2)cc1. The van der Waals surface area contributed by atoms with E-state index in [1.165, 1.54) is 32.1 Å². The highest BCUT2D eigenvalue weighted by Crippen LogP contribution is 2.26. The van der Waals surface area contributed by atoms with Crippen LogP contribution in [0.4, 0.5) is 0 Å². The van der Waals surface area contributed by atoms with Gasteiger partial charge < -0.3 is 10.6 Å².